The lowest BCUT2D eigenvalue weighted by Gasteiger charge is -2.09. The third-order valence-corrected chi connectivity index (χ3v) is 4.97. The zero-order valence-electron chi connectivity index (χ0n) is 13.7. The van der Waals surface area contributed by atoms with Crippen LogP contribution >= 0.6 is 22.7 Å². The summed E-state index contributed by atoms with van der Waals surface area (Å²) in [6.07, 6.45) is 0. The van der Waals surface area contributed by atoms with Gasteiger partial charge in [-0.3, -0.25) is 9.59 Å². The lowest BCUT2D eigenvalue weighted by atomic mass is 10.1. The lowest BCUT2D eigenvalue weighted by Crippen LogP contribution is -2.22. The predicted molar refractivity (Wildman–Crippen MR) is 101 cm³/mol. The lowest BCUT2D eigenvalue weighted by molar-refractivity contribution is -0.119. The van der Waals surface area contributed by atoms with Crippen LogP contribution < -0.4 is 5.32 Å². The molecule has 0 fully saturated rings. The van der Waals surface area contributed by atoms with Crippen LogP contribution in [0.15, 0.2) is 46.5 Å². The summed E-state index contributed by atoms with van der Waals surface area (Å²) in [6.45, 7) is 0.953. The minimum atomic E-state index is -0.669. The Morgan fingerprint density at radius 1 is 1.15 bits per heavy atom. The predicted octanol–water partition coefficient (Wildman–Crippen LogP) is 3.87. The van der Waals surface area contributed by atoms with Gasteiger partial charge in [0.15, 0.2) is 18.1 Å². The van der Waals surface area contributed by atoms with Gasteiger partial charge in [-0.15, -0.1) is 11.3 Å². The van der Waals surface area contributed by atoms with Gasteiger partial charge >= 0.3 is 5.97 Å². The average molecular weight is 386 g/mol. The summed E-state index contributed by atoms with van der Waals surface area (Å²) >= 11 is 2.88. The monoisotopic (exact) mass is 386 g/mol. The number of Topliss-reactive ketones (excluding diaryl/α,β-unsaturated/α-hetero) is 1. The SMILES string of the molecule is CC(=O)c1ccccc1NC(=O)COC(=O)c1csc(-c2ccsc2)n1. The molecule has 0 saturated carbocycles. The number of aromatic nitrogens is 1. The second-order valence-corrected chi connectivity index (χ2v) is 6.91. The maximum atomic E-state index is 12.1. The Balaban J connectivity index is 1.58. The van der Waals surface area contributed by atoms with Crippen molar-refractivity contribution in [3.8, 4) is 10.6 Å². The van der Waals surface area contributed by atoms with Crippen molar-refractivity contribution in [2.75, 3.05) is 11.9 Å². The average Bonchev–Trinajstić information content (AvgIpc) is 3.31. The van der Waals surface area contributed by atoms with Gasteiger partial charge in [0, 0.05) is 21.9 Å². The van der Waals surface area contributed by atoms with Crippen LogP contribution in [0.2, 0.25) is 0 Å². The topological polar surface area (TPSA) is 85.4 Å². The quantitative estimate of drug-likeness (QED) is 0.513. The second-order valence-electron chi connectivity index (χ2n) is 5.28. The van der Waals surface area contributed by atoms with E-state index >= 15 is 0 Å². The third kappa shape index (κ3) is 4.22. The molecule has 0 aliphatic carbocycles. The standard InChI is InChI=1S/C18H14N2O4S2/c1-11(21)13-4-2-3-5-14(13)19-16(22)8-24-18(23)15-10-26-17(20-15)12-6-7-25-9-12/h2-7,9-10H,8H2,1H3,(H,19,22). The molecule has 0 spiro atoms. The van der Waals surface area contributed by atoms with E-state index in [-0.39, 0.29) is 11.5 Å². The summed E-state index contributed by atoms with van der Waals surface area (Å²) in [4.78, 5) is 39.8. The van der Waals surface area contributed by atoms with Crippen molar-refractivity contribution < 1.29 is 19.1 Å². The van der Waals surface area contributed by atoms with E-state index in [1.165, 1.54) is 18.3 Å². The molecule has 0 aliphatic rings. The van der Waals surface area contributed by atoms with E-state index < -0.39 is 18.5 Å². The minimum absolute atomic E-state index is 0.160. The smallest absolute Gasteiger partial charge is 0.358 e. The number of anilines is 1. The first-order chi connectivity index (χ1) is 12.5. The molecule has 2 heterocycles. The molecule has 1 amide bonds. The van der Waals surface area contributed by atoms with Crippen LogP contribution in [-0.2, 0) is 9.53 Å². The molecule has 0 aliphatic heterocycles. The molecule has 1 N–H and O–H groups in total. The number of ether oxygens (including phenoxy) is 1. The van der Waals surface area contributed by atoms with Crippen molar-refractivity contribution in [3.05, 3.63) is 57.7 Å². The number of carbonyl (C=O) groups is 3. The van der Waals surface area contributed by atoms with E-state index in [1.54, 1.807) is 41.0 Å². The van der Waals surface area contributed by atoms with Gasteiger partial charge in [-0.2, -0.15) is 11.3 Å². The first-order valence-electron chi connectivity index (χ1n) is 7.59. The zero-order chi connectivity index (χ0) is 18.5. The number of nitrogens with one attached hydrogen (secondary N) is 1. The van der Waals surface area contributed by atoms with Gasteiger partial charge in [0.25, 0.3) is 5.91 Å². The van der Waals surface area contributed by atoms with Gasteiger partial charge in [-0.25, -0.2) is 9.78 Å². The Morgan fingerprint density at radius 3 is 2.69 bits per heavy atom. The maximum Gasteiger partial charge on any atom is 0.358 e. The summed E-state index contributed by atoms with van der Waals surface area (Å²) in [5.41, 5.74) is 1.88. The molecule has 132 valence electrons. The van der Waals surface area contributed by atoms with Gasteiger partial charge < -0.3 is 10.1 Å². The number of hydrogen-bond donors (Lipinski definition) is 1. The van der Waals surface area contributed by atoms with Crippen LogP contribution in [0.4, 0.5) is 5.69 Å². The van der Waals surface area contributed by atoms with Gasteiger partial charge in [0.2, 0.25) is 0 Å². The largest absolute Gasteiger partial charge is 0.451 e. The van der Waals surface area contributed by atoms with E-state index in [0.717, 1.165) is 10.6 Å². The number of thiophene rings is 1. The van der Waals surface area contributed by atoms with Crippen LogP contribution in [0.25, 0.3) is 10.6 Å². The van der Waals surface area contributed by atoms with E-state index in [2.05, 4.69) is 10.3 Å². The molecule has 0 bridgehead atoms. The molecule has 0 saturated heterocycles. The molecule has 1 aromatic carbocycles. The highest BCUT2D eigenvalue weighted by molar-refractivity contribution is 7.14. The Hall–Kier alpha value is -2.84. The molecule has 0 unspecified atom stereocenters. The van der Waals surface area contributed by atoms with Crippen molar-refractivity contribution >= 4 is 46.0 Å². The van der Waals surface area contributed by atoms with Crippen LogP contribution in [-0.4, -0.2) is 29.3 Å². The van der Waals surface area contributed by atoms with Crippen molar-refractivity contribution in [2.45, 2.75) is 6.92 Å². The molecule has 8 heteroatoms. The number of hydrogen-bond acceptors (Lipinski definition) is 7. The van der Waals surface area contributed by atoms with Gasteiger partial charge in [-0.1, -0.05) is 12.1 Å². The van der Waals surface area contributed by atoms with Crippen LogP contribution in [0.3, 0.4) is 0 Å². The summed E-state index contributed by atoms with van der Waals surface area (Å²) in [7, 11) is 0. The van der Waals surface area contributed by atoms with Gasteiger partial charge in [0.1, 0.15) is 5.01 Å². The molecule has 2 aromatic heterocycles. The van der Waals surface area contributed by atoms with E-state index in [4.69, 9.17) is 4.74 Å². The highest BCUT2D eigenvalue weighted by Gasteiger charge is 2.16. The first kappa shape index (κ1) is 18.0. The molecule has 3 rings (SSSR count). The van der Waals surface area contributed by atoms with E-state index in [1.807, 2.05) is 16.8 Å². The fraction of sp³-hybridized carbons (Fsp3) is 0.111. The number of rotatable bonds is 6. The molecule has 0 radical (unpaired) electrons. The Bertz CT molecular complexity index is 948. The second kappa shape index (κ2) is 8.03. The van der Waals surface area contributed by atoms with Crippen LogP contribution in [0, 0.1) is 0 Å². The molecule has 3 aromatic rings. The molecule has 26 heavy (non-hydrogen) atoms. The molecular weight excluding hydrogens is 372 g/mol. The van der Waals surface area contributed by atoms with E-state index in [9.17, 15) is 14.4 Å². The van der Waals surface area contributed by atoms with E-state index in [0.29, 0.717) is 11.3 Å². The van der Waals surface area contributed by atoms with Crippen molar-refractivity contribution in [1.29, 1.82) is 0 Å². The number of carbonyl (C=O) groups excluding carboxylic acids is 3. The number of esters is 1. The number of benzene rings is 1. The Morgan fingerprint density at radius 2 is 1.96 bits per heavy atom. The fourth-order valence-corrected chi connectivity index (χ4v) is 3.68. The number of amides is 1. The normalized spacial score (nSPS) is 10.3. The van der Waals surface area contributed by atoms with Crippen LogP contribution in [0.1, 0.15) is 27.8 Å². The first-order valence-corrected chi connectivity index (χ1v) is 9.42. The molecule has 0 atom stereocenters. The number of ketones is 1. The third-order valence-electron chi connectivity index (χ3n) is 3.40. The van der Waals surface area contributed by atoms with Crippen molar-refractivity contribution in [3.63, 3.8) is 0 Å². The van der Waals surface area contributed by atoms with Gasteiger partial charge in [-0.05, 0) is 30.5 Å². The number of para-hydroxylation sites is 1. The Labute approximate surface area is 157 Å². The Kier molecular flexibility index (Phi) is 5.55. The molecular formula is C18H14N2O4S2. The minimum Gasteiger partial charge on any atom is -0.451 e. The van der Waals surface area contributed by atoms with Gasteiger partial charge in [0.05, 0.1) is 5.69 Å². The highest BCUT2D eigenvalue weighted by atomic mass is 32.1. The summed E-state index contributed by atoms with van der Waals surface area (Å²) in [5, 5.41) is 8.76. The van der Waals surface area contributed by atoms with Crippen molar-refractivity contribution in [1.82, 2.24) is 4.98 Å². The number of thiazole rings is 1. The molecule has 6 nitrogen and oxygen atoms in total. The highest BCUT2D eigenvalue weighted by Crippen LogP contribution is 2.25. The maximum absolute atomic E-state index is 12.1. The fourth-order valence-electron chi connectivity index (χ4n) is 2.18. The summed E-state index contributed by atoms with van der Waals surface area (Å²) in [5.74, 6) is -1.36. The van der Waals surface area contributed by atoms with Crippen LogP contribution in [0.5, 0.6) is 0 Å². The summed E-state index contributed by atoms with van der Waals surface area (Å²) < 4.78 is 5.00. The number of nitrogens with zero attached hydrogens (tertiary/aromatic N) is 1. The van der Waals surface area contributed by atoms with Crippen molar-refractivity contribution in [2.24, 2.45) is 0 Å². The summed E-state index contributed by atoms with van der Waals surface area (Å²) in [6, 6.07) is 8.56. The zero-order valence-corrected chi connectivity index (χ0v) is 15.4.